The Morgan fingerprint density at radius 3 is 2.29 bits per heavy atom. The van der Waals surface area contributed by atoms with Crippen molar-refractivity contribution in [3.8, 4) is 5.75 Å². The Morgan fingerprint density at radius 2 is 1.71 bits per heavy atom. The summed E-state index contributed by atoms with van der Waals surface area (Å²) >= 11 is 0. The molecule has 1 aliphatic carbocycles. The van der Waals surface area contributed by atoms with Crippen LogP contribution in [0, 0.1) is 11.7 Å². The zero-order valence-corrected chi connectivity index (χ0v) is 16.8. The molecule has 0 amide bonds. The Kier molecular flexibility index (Phi) is 4.26. The number of ether oxygens (including phenoxy) is 1. The van der Waals surface area contributed by atoms with E-state index in [0.29, 0.717) is 11.6 Å². The summed E-state index contributed by atoms with van der Waals surface area (Å²) in [5.41, 5.74) is 0.487. The van der Waals surface area contributed by atoms with E-state index in [4.69, 9.17) is 14.0 Å². The molecule has 0 bridgehead atoms. The Morgan fingerprint density at radius 1 is 1.11 bits per heavy atom. The quantitative estimate of drug-likeness (QED) is 0.775. The first kappa shape index (κ1) is 19.2. The summed E-state index contributed by atoms with van der Waals surface area (Å²) in [7, 11) is -3.21. The largest absolute Gasteiger partial charge is 0.497 e. The van der Waals surface area contributed by atoms with Gasteiger partial charge in [0, 0.05) is 17.7 Å². The smallest absolute Gasteiger partial charge is 0.494 e. The molecule has 28 heavy (non-hydrogen) atoms. The summed E-state index contributed by atoms with van der Waals surface area (Å²) in [5, 5.41) is 0. The predicted molar refractivity (Wildman–Crippen MR) is 104 cm³/mol. The first-order chi connectivity index (χ1) is 13.1. The molecular weight excluding hydrogens is 384 g/mol. The summed E-state index contributed by atoms with van der Waals surface area (Å²) in [6.07, 6.45) is 0. The number of hydrogen-bond donors (Lipinski definition) is 1. The molecule has 0 radical (unpaired) electrons. The molecular formula is C19H21BFNO5S. The third-order valence-electron chi connectivity index (χ3n) is 6.12. The zero-order chi connectivity index (χ0) is 20.3. The average Bonchev–Trinajstić information content (AvgIpc) is 2.92. The maximum atomic E-state index is 14.0. The van der Waals surface area contributed by atoms with Gasteiger partial charge in [-0.2, -0.15) is 0 Å². The number of sulfonamides is 1. The normalized spacial score (nSPS) is 28.8. The van der Waals surface area contributed by atoms with Crippen molar-refractivity contribution < 1.29 is 26.9 Å². The van der Waals surface area contributed by atoms with Crippen LogP contribution in [0.2, 0.25) is 0 Å². The first-order valence-corrected chi connectivity index (χ1v) is 10.4. The van der Waals surface area contributed by atoms with Gasteiger partial charge >= 0.3 is 7.12 Å². The molecule has 2 aromatic carbocycles. The standard InChI is InChI=1S/C19H21BFNO5S/c1-12-18(2)19(12,3)27-20(26-18)13-5-7-14(8-6-13)22-28(23,24)17-11-15(25-4)9-10-16(17)21/h5-12,22H,1-4H3. The highest BCUT2D eigenvalue weighted by molar-refractivity contribution is 7.92. The minimum absolute atomic E-state index is 0.252. The van der Waals surface area contributed by atoms with E-state index in [2.05, 4.69) is 11.6 Å². The highest BCUT2D eigenvalue weighted by atomic mass is 32.2. The summed E-state index contributed by atoms with van der Waals surface area (Å²) in [6.45, 7) is 6.15. The van der Waals surface area contributed by atoms with Gasteiger partial charge in [-0.3, -0.25) is 4.72 Å². The third-order valence-corrected chi connectivity index (χ3v) is 7.52. The molecule has 148 valence electrons. The van der Waals surface area contributed by atoms with Gasteiger partial charge < -0.3 is 14.0 Å². The first-order valence-electron chi connectivity index (χ1n) is 8.93. The molecule has 9 heteroatoms. The molecule has 1 saturated heterocycles. The lowest BCUT2D eigenvalue weighted by atomic mass is 9.78. The van der Waals surface area contributed by atoms with Crippen LogP contribution in [0.4, 0.5) is 10.1 Å². The van der Waals surface area contributed by atoms with E-state index in [1.165, 1.54) is 13.2 Å². The van der Waals surface area contributed by atoms with E-state index in [1.54, 1.807) is 24.3 Å². The summed E-state index contributed by atoms with van der Waals surface area (Å²) < 4.78 is 58.6. The van der Waals surface area contributed by atoms with E-state index in [9.17, 15) is 12.8 Å². The van der Waals surface area contributed by atoms with Gasteiger partial charge in [-0.05, 0) is 43.6 Å². The van der Waals surface area contributed by atoms with Gasteiger partial charge in [-0.25, -0.2) is 12.8 Å². The van der Waals surface area contributed by atoms with E-state index in [1.807, 2.05) is 13.8 Å². The highest BCUT2D eigenvalue weighted by Crippen LogP contribution is 2.63. The van der Waals surface area contributed by atoms with Crippen molar-refractivity contribution in [1.82, 2.24) is 0 Å². The number of anilines is 1. The average molecular weight is 405 g/mol. The highest BCUT2D eigenvalue weighted by Gasteiger charge is 2.77. The number of halogens is 1. The number of rotatable bonds is 5. The Hall–Kier alpha value is -2.10. The molecule has 0 aromatic heterocycles. The SMILES string of the molecule is COc1ccc(F)c(S(=O)(=O)Nc2ccc(B3OC4(C)C(C)C4(C)O3)cc2)c1. The van der Waals surface area contributed by atoms with Crippen LogP contribution in [-0.4, -0.2) is 33.8 Å². The lowest BCUT2D eigenvalue weighted by molar-refractivity contribution is 0.187. The number of methoxy groups -OCH3 is 1. The Bertz CT molecular complexity index is 1010. The number of benzene rings is 2. The van der Waals surface area contributed by atoms with Gasteiger partial charge in [-0.15, -0.1) is 0 Å². The molecule has 2 aliphatic rings. The molecule has 2 unspecified atom stereocenters. The van der Waals surface area contributed by atoms with Gasteiger partial charge in [-0.1, -0.05) is 19.1 Å². The second kappa shape index (κ2) is 6.20. The van der Waals surface area contributed by atoms with E-state index in [0.717, 1.165) is 17.6 Å². The molecule has 1 aliphatic heterocycles. The van der Waals surface area contributed by atoms with Crippen LogP contribution >= 0.6 is 0 Å². The lowest BCUT2D eigenvalue weighted by Crippen LogP contribution is -2.37. The molecule has 2 atom stereocenters. The second-order valence-electron chi connectivity index (χ2n) is 7.53. The van der Waals surface area contributed by atoms with Gasteiger partial charge in [0.25, 0.3) is 10.0 Å². The molecule has 2 fully saturated rings. The van der Waals surface area contributed by atoms with Crippen molar-refractivity contribution >= 4 is 28.3 Å². The molecule has 2 aromatic rings. The van der Waals surface area contributed by atoms with Gasteiger partial charge in [0.2, 0.25) is 0 Å². The van der Waals surface area contributed by atoms with E-state index < -0.39 is 27.9 Å². The van der Waals surface area contributed by atoms with E-state index in [-0.39, 0.29) is 17.0 Å². The summed E-state index contributed by atoms with van der Waals surface area (Å²) in [4.78, 5) is -0.478. The maximum Gasteiger partial charge on any atom is 0.494 e. The van der Waals surface area contributed by atoms with Crippen LogP contribution in [0.1, 0.15) is 20.8 Å². The van der Waals surface area contributed by atoms with Crippen LogP contribution in [0.15, 0.2) is 47.4 Å². The topological polar surface area (TPSA) is 73.9 Å². The summed E-state index contributed by atoms with van der Waals surface area (Å²) in [5.74, 6) is -0.282. The molecule has 6 nitrogen and oxygen atoms in total. The second-order valence-corrected chi connectivity index (χ2v) is 9.18. The molecule has 0 spiro atoms. The van der Waals surface area contributed by atoms with Gasteiger partial charge in [0.1, 0.15) is 16.5 Å². The van der Waals surface area contributed by atoms with Crippen molar-refractivity contribution in [3.63, 3.8) is 0 Å². The van der Waals surface area contributed by atoms with E-state index >= 15 is 0 Å². The Balaban J connectivity index is 1.51. The minimum atomic E-state index is -4.10. The van der Waals surface area contributed by atoms with Crippen molar-refractivity contribution in [3.05, 3.63) is 48.3 Å². The summed E-state index contributed by atoms with van der Waals surface area (Å²) in [6, 6.07) is 10.2. The fourth-order valence-electron chi connectivity index (χ4n) is 3.76. The van der Waals surface area contributed by atoms with Crippen molar-refractivity contribution in [2.24, 2.45) is 5.92 Å². The molecule has 1 N–H and O–H groups in total. The third kappa shape index (κ3) is 2.80. The van der Waals surface area contributed by atoms with Crippen LogP contribution in [0.3, 0.4) is 0 Å². The van der Waals surface area contributed by atoms with Crippen molar-refractivity contribution in [1.29, 1.82) is 0 Å². The number of fused-ring (bicyclic) bond motifs is 1. The van der Waals surface area contributed by atoms with Crippen LogP contribution < -0.4 is 14.9 Å². The predicted octanol–water partition coefficient (Wildman–Crippen LogP) is 2.54. The molecule has 4 rings (SSSR count). The fraction of sp³-hybridized carbons (Fsp3) is 0.368. The monoisotopic (exact) mass is 405 g/mol. The minimum Gasteiger partial charge on any atom is -0.497 e. The lowest BCUT2D eigenvalue weighted by Gasteiger charge is -2.15. The van der Waals surface area contributed by atoms with Crippen molar-refractivity contribution in [2.45, 2.75) is 36.9 Å². The zero-order valence-electron chi connectivity index (χ0n) is 16.0. The number of hydrogen-bond acceptors (Lipinski definition) is 5. The van der Waals surface area contributed by atoms with Crippen LogP contribution in [0.5, 0.6) is 5.75 Å². The van der Waals surface area contributed by atoms with Crippen molar-refractivity contribution in [2.75, 3.05) is 11.8 Å². The van der Waals surface area contributed by atoms with Crippen LogP contribution in [-0.2, 0) is 19.3 Å². The maximum absolute atomic E-state index is 14.0. The molecule has 1 heterocycles. The fourth-order valence-corrected chi connectivity index (χ4v) is 4.91. The number of nitrogens with one attached hydrogen (secondary N) is 1. The Labute approximate surface area is 164 Å². The van der Waals surface area contributed by atoms with Crippen LogP contribution in [0.25, 0.3) is 0 Å². The molecule has 1 saturated carbocycles. The van der Waals surface area contributed by atoms with Gasteiger partial charge in [0.05, 0.1) is 18.3 Å². The van der Waals surface area contributed by atoms with Gasteiger partial charge in [0.15, 0.2) is 0 Å².